The molecule has 0 bridgehead atoms. The highest BCUT2D eigenvalue weighted by Gasteiger charge is 2.11. The van der Waals surface area contributed by atoms with Gasteiger partial charge in [-0.3, -0.25) is 9.78 Å². The molecule has 1 amide bonds. The van der Waals surface area contributed by atoms with Gasteiger partial charge in [0.25, 0.3) is 0 Å². The van der Waals surface area contributed by atoms with Gasteiger partial charge in [0.1, 0.15) is 23.9 Å². The number of pyridine rings is 1. The normalized spacial score (nSPS) is 10.7. The summed E-state index contributed by atoms with van der Waals surface area (Å²) in [5.74, 6) is 0.676. The highest BCUT2D eigenvalue weighted by Crippen LogP contribution is 2.27. The van der Waals surface area contributed by atoms with E-state index >= 15 is 0 Å². The van der Waals surface area contributed by atoms with E-state index < -0.39 is 5.91 Å². The summed E-state index contributed by atoms with van der Waals surface area (Å²) in [6.07, 6.45) is 0. The molecule has 2 N–H and O–H groups in total. The number of primary amides is 1. The first kappa shape index (κ1) is 19.2. The number of amides is 1. The number of aromatic nitrogens is 5. The molecule has 0 saturated carbocycles. The Hall–Kier alpha value is -4.14. The summed E-state index contributed by atoms with van der Waals surface area (Å²) < 4.78 is 18.7. The monoisotopic (exact) mass is 404 g/mol. The average Bonchev–Trinajstić information content (AvgIpc) is 3.18. The smallest absolute Gasteiger partial charge is 0.241 e. The number of nitrogens with zero attached hydrogens (tertiary/aromatic N) is 5. The second-order valence-corrected chi connectivity index (χ2v) is 6.57. The fourth-order valence-electron chi connectivity index (χ4n) is 2.84. The van der Waals surface area contributed by atoms with Gasteiger partial charge in [0, 0.05) is 16.8 Å². The number of benzene rings is 2. The Morgan fingerprint density at radius 2 is 1.70 bits per heavy atom. The zero-order valence-corrected chi connectivity index (χ0v) is 16.0. The van der Waals surface area contributed by atoms with Crippen LogP contribution in [-0.2, 0) is 11.3 Å². The summed E-state index contributed by atoms with van der Waals surface area (Å²) in [6, 6.07) is 16.9. The van der Waals surface area contributed by atoms with E-state index in [1.807, 2.05) is 43.3 Å². The van der Waals surface area contributed by atoms with Crippen LogP contribution in [0.2, 0.25) is 0 Å². The maximum Gasteiger partial charge on any atom is 0.241 e. The first-order valence-electron chi connectivity index (χ1n) is 9.05. The summed E-state index contributed by atoms with van der Waals surface area (Å²) >= 11 is 0. The third-order valence-electron chi connectivity index (χ3n) is 4.16. The van der Waals surface area contributed by atoms with Crippen molar-refractivity contribution in [3.05, 3.63) is 72.2 Å². The molecule has 2 aromatic heterocycles. The first-order valence-corrected chi connectivity index (χ1v) is 9.05. The summed E-state index contributed by atoms with van der Waals surface area (Å²) in [4.78, 5) is 16.7. The maximum absolute atomic E-state index is 13.0. The van der Waals surface area contributed by atoms with Gasteiger partial charge in [0.05, 0.1) is 5.69 Å². The van der Waals surface area contributed by atoms with Crippen LogP contribution in [-0.4, -0.2) is 31.1 Å². The molecule has 2 heterocycles. The van der Waals surface area contributed by atoms with Crippen molar-refractivity contribution in [1.29, 1.82) is 0 Å². The molecule has 8 nitrogen and oxygen atoms in total. The molecule has 2 aromatic carbocycles. The molecule has 4 aromatic rings. The lowest BCUT2D eigenvalue weighted by molar-refractivity contribution is -0.118. The summed E-state index contributed by atoms with van der Waals surface area (Å²) in [7, 11) is 0. The Balaban J connectivity index is 1.57. The van der Waals surface area contributed by atoms with Crippen molar-refractivity contribution < 1.29 is 13.9 Å². The fourth-order valence-corrected chi connectivity index (χ4v) is 2.84. The Morgan fingerprint density at radius 1 is 1.03 bits per heavy atom. The number of rotatable bonds is 6. The lowest BCUT2D eigenvalue weighted by Gasteiger charge is -2.08. The van der Waals surface area contributed by atoms with Crippen molar-refractivity contribution in [2.75, 3.05) is 0 Å². The Kier molecular flexibility index (Phi) is 5.17. The second-order valence-electron chi connectivity index (χ2n) is 6.57. The molecule has 0 unspecified atom stereocenters. The van der Waals surface area contributed by atoms with Crippen LogP contribution in [0.25, 0.3) is 22.6 Å². The number of ether oxygens (including phenoxy) is 1. The number of aryl methyl sites for hydroxylation is 1. The van der Waals surface area contributed by atoms with E-state index in [9.17, 15) is 9.18 Å². The molecule has 0 aliphatic rings. The second kappa shape index (κ2) is 8.08. The fraction of sp³-hybridized carbons (Fsp3) is 0.0952. The third kappa shape index (κ3) is 4.46. The van der Waals surface area contributed by atoms with Crippen LogP contribution in [0.4, 0.5) is 4.39 Å². The molecule has 0 spiro atoms. The van der Waals surface area contributed by atoms with Crippen LogP contribution >= 0.6 is 0 Å². The number of tetrazole rings is 1. The molecular weight excluding hydrogens is 387 g/mol. The number of halogens is 1. The number of hydrogen-bond donors (Lipinski definition) is 1. The molecule has 0 radical (unpaired) electrons. The zero-order chi connectivity index (χ0) is 21.1. The van der Waals surface area contributed by atoms with E-state index in [2.05, 4.69) is 20.4 Å². The van der Waals surface area contributed by atoms with Crippen molar-refractivity contribution in [3.8, 4) is 34.1 Å². The standard InChI is InChI=1S/C21H17FN6O2/c1-13-10-15(21-25-27-28(26-21)12-20(23)29)11-19(24-13)14-2-6-17(7-3-14)30-18-8-4-16(22)5-9-18/h2-11H,12H2,1H3,(H2,23,29). The van der Waals surface area contributed by atoms with Gasteiger partial charge in [0.15, 0.2) is 0 Å². The lowest BCUT2D eigenvalue weighted by atomic mass is 10.1. The van der Waals surface area contributed by atoms with Gasteiger partial charge < -0.3 is 10.5 Å². The van der Waals surface area contributed by atoms with E-state index in [0.29, 0.717) is 17.3 Å². The predicted octanol–water partition coefficient (Wildman–Crippen LogP) is 3.13. The van der Waals surface area contributed by atoms with Gasteiger partial charge in [0.2, 0.25) is 11.7 Å². The van der Waals surface area contributed by atoms with Crippen LogP contribution in [0.15, 0.2) is 60.7 Å². The SMILES string of the molecule is Cc1cc(-c2nnn(CC(N)=O)n2)cc(-c2ccc(Oc3ccc(F)cc3)cc2)n1. The maximum atomic E-state index is 13.0. The lowest BCUT2D eigenvalue weighted by Crippen LogP contribution is -2.20. The van der Waals surface area contributed by atoms with E-state index in [-0.39, 0.29) is 12.4 Å². The molecule has 30 heavy (non-hydrogen) atoms. The average molecular weight is 404 g/mol. The summed E-state index contributed by atoms with van der Waals surface area (Å²) in [5.41, 5.74) is 8.26. The van der Waals surface area contributed by atoms with Crippen molar-refractivity contribution >= 4 is 5.91 Å². The van der Waals surface area contributed by atoms with E-state index in [4.69, 9.17) is 10.5 Å². The van der Waals surface area contributed by atoms with Crippen LogP contribution in [0, 0.1) is 12.7 Å². The van der Waals surface area contributed by atoms with Crippen molar-refractivity contribution in [3.63, 3.8) is 0 Å². The van der Waals surface area contributed by atoms with E-state index in [0.717, 1.165) is 27.3 Å². The highest BCUT2D eigenvalue weighted by molar-refractivity contribution is 5.73. The van der Waals surface area contributed by atoms with Gasteiger partial charge in [-0.1, -0.05) is 0 Å². The number of carbonyl (C=O) groups excluding carboxylic acids is 1. The van der Waals surface area contributed by atoms with Crippen LogP contribution < -0.4 is 10.5 Å². The number of carbonyl (C=O) groups is 1. The number of nitrogens with two attached hydrogens (primary N) is 1. The van der Waals surface area contributed by atoms with Gasteiger partial charge in [-0.05, 0) is 72.8 Å². The minimum absolute atomic E-state index is 0.139. The summed E-state index contributed by atoms with van der Waals surface area (Å²) in [5, 5.41) is 12.0. The van der Waals surface area contributed by atoms with Crippen molar-refractivity contribution in [2.45, 2.75) is 13.5 Å². The van der Waals surface area contributed by atoms with Crippen molar-refractivity contribution in [2.24, 2.45) is 5.73 Å². The van der Waals surface area contributed by atoms with Crippen molar-refractivity contribution in [1.82, 2.24) is 25.2 Å². The third-order valence-corrected chi connectivity index (χ3v) is 4.16. The van der Waals surface area contributed by atoms with Crippen LogP contribution in [0.5, 0.6) is 11.5 Å². The molecule has 0 aliphatic heterocycles. The van der Waals surface area contributed by atoms with Gasteiger partial charge >= 0.3 is 0 Å². The summed E-state index contributed by atoms with van der Waals surface area (Å²) in [6.45, 7) is 1.73. The molecule has 150 valence electrons. The number of hydrogen-bond acceptors (Lipinski definition) is 6. The predicted molar refractivity (Wildman–Crippen MR) is 107 cm³/mol. The molecule has 0 aliphatic carbocycles. The Labute approximate surface area is 171 Å². The van der Waals surface area contributed by atoms with E-state index in [1.54, 1.807) is 12.1 Å². The quantitative estimate of drug-likeness (QED) is 0.529. The molecule has 0 atom stereocenters. The molecule has 0 saturated heterocycles. The molecular formula is C21H17FN6O2. The minimum atomic E-state index is -0.548. The zero-order valence-electron chi connectivity index (χ0n) is 16.0. The topological polar surface area (TPSA) is 109 Å². The van der Waals surface area contributed by atoms with Gasteiger partial charge in [-0.15, -0.1) is 10.2 Å². The molecule has 0 fully saturated rings. The van der Waals surface area contributed by atoms with E-state index in [1.165, 1.54) is 12.1 Å². The Morgan fingerprint density at radius 3 is 2.37 bits per heavy atom. The van der Waals surface area contributed by atoms with Gasteiger partial charge in [-0.2, -0.15) is 4.80 Å². The largest absolute Gasteiger partial charge is 0.457 e. The minimum Gasteiger partial charge on any atom is -0.457 e. The first-order chi connectivity index (χ1) is 14.5. The highest BCUT2D eigenvalue weighted by atomic mass is 19.1. The molecule has 9 heteroatoms. The van der Waals surface area contributed by atoms with Crippen LogP contribution in [0.3, 0.4) is 0 Å². The van der Waals surface area contributed by atoms with Gasteiger partial charge in [-0.25, -0.2) is 4.39 Å². The van der Waals surface area contributed by atoms with Crippen LogP contribution in [0.1, 0.15) is 5.69 Å². The Bertz CT molecular complexity index is 1190. The molecule has 4 rings (SSSR count).